The van der Waals surface area contributed by atoms with Crippen LogP contribution in [0.1, 0.15) is 58.1 Å². The first-order valence-corrected chi connectivity index (χ1v) is 10.1. The molecule has 0 saturated heterocycles. The first-order valence-electron chi connectivity index (χ1n) is 10.1. The summed E-state index contributed by atoms with van der Waals surface area (Å²) in [5, 5.41) is 10.9. The maximum atomic E-state index is 12.8. The van der Waals surface area contributed by atoms with E-state index in [4.69, 9.17) is 9.15 Å². The summed E-state index contributed by atoms with van der Waals surface area (Å²) >= 11 is 0. The van der Waals surface area contributed by atoms with Gasteiger partial charge in [-0.25, -0.2) is 4.79 Å². The summed E-state index contributed by atoms with van der Waals surface area (Å²) in [5.41, 5.74) is 3.02. The van der Waals surface area contributed by atoms with Crippen LogP contribution in [0.4, 0.5) is 0 Å². The number of rotatable bonds is 5. The molecule has 0 fully saturated rings. The molecule has 0 unspecified atom stereocenters. The number of ether oxygens (including phenoxy) is 1. The standard InChI is InChI=1S/C25H30O4/c1-7-25(6)14-18(13-16(4)10-8-9-15(2)3)28-23-20-17(5)11-12-19(26)22(20)29-24(27)21(23)25/h7,9,11-13,18,26H,1,8,10,14H2,2-6H3/t18-,25-/m0/s1. The minimum absolute atomic E-state index is 0.0648. The summed E-state index contributed by atoms with van der Waals surface area (Å²) in [7, 11) is 0. The van der Waals surface area contributed by atoms with E-state index in [0.29, 0.717) is 23.1 Å². The topological polar surface area (TPSA) is 59.7 Å². The molecule has 1 aromatic carbocycles. The maximum absolute atomic E-state index is 12.8. The monoisotopic (exact) mass is 394 g/mol. The molecule has 1 aromatic heterocycles. The van der Waals surface area contributed by atoms with Gasteiger partial charge in [0.1, 0.15) is 11.9 Å². The second-order valence-corrected chi connectivity index (χ2v) is 8.51. The van der Waals surface area contributed by atoms with Crippen LogP contribution in [0.15, 0.2) is 57.3 Å². The van der Waals surface area contributed by atoms with Gasteiger partial charge in [-0.2, -0.15) is 0 Å². The molecular weight excluding hydrogens is 364 g/mol. The van der Waals surface area contributed by atoms with Crippen molar-refractivity contribution in [3.05, 3.63) is 69.6 Å². The maximum Gasteiger partial charge on any atom is 0.344 e. The molecule has 4 nitrogen and oxygen atoms in total. The number of phenols is 1. The summed E-state index contributed by atoms with van der Waals surface area (Å²) in [5.74, 6) is 0.432. The number of hydrogen-bond donors (Lipinski definition) is 1. The molecule has 0 amide bonds. The van der Waals surface area contributed by atoms with Crippen LogP contribution in [0.2, 0.25) is 0 Å². The molecule has 4 heteroatoms. The first kappa shape index (κ1) is 21.0. The molecule has 1 aliphatic rings. The van der Waals surface area contributed by atoms with Gasteiger partial charge in [0.2, 0.25) is 0 Å². The molecule has 0 radical (unpaired) electrons. The lowest BCUT2D eigenvalue weighted by Crippen LogP contribution is -2.38. The van der Waals surface area contributed by atoms with Gasteiger partial charge in [0.15, 0.2) is 11.3 Å². The third kappa shape index (κ3) is 4.02. The Morgan fingerprint density at radius 1 is 1.34 bits per heavy atom. The zero-order valence-electron chi connectivity index (χ0n) is 18.0. The van der Waals surface area contributed by atoms with E-state index in [-0.39, 0.29) is 17.4 Å². The fourth-order valence-electron chi connectivity index (χ4n) is 4.01. The summed E-state index contributed by atoms with van der Waals surface area (Å²) < 4.78 is 11.9. The van der Waals surface area contributed by atoms with E-state index in [1.165, 1.54) is 17.2 Å². The van der Waals surface area contributed by atoms with E-state index in [1.54, 1.807) is 12.1 Å². The number of allylic oxidation sites excluding steroid dienone is 4. The first-order chi connectivity index (χ1) is 13.7. The van der Waals surface area contributed by atoms with Gasteiger partial charge < -0.3 is 14.3 Å². The largest absolute Gasteiger partial charge is 0.504 e. The number of aromatic hydroxyl groups is 1. The Kier molecular flexibility index (Phi) is 5.74. The van der Waals surface area contributed by atoms with Gasteiger partial charge in [-0.3, -0.25) is 0 Å². The molecule has 0 bridgehead atoms. The highest BCUT2D eigenvalue weighted by molar-refractivity contribution is 5.92. The molecule has 0 spiro atoms. The van der Waals surface area contributed by atoms with Crippen molar-refractivity contribution in [2.45, 2.75) is 65.4 Å². The zero-order chi connectivity index (χ0) is 21.3. The lowest BCUT2D eigenvalue weighted by atomic mass is 9.75. The molecular formula is C25H30O4. The molecule has 1 N–H and O–H groups in total. The van der Waals surface area contributed by atoms with Crippen LogP contribution in [-0.4, -0.2) is 11.2 Å². The molecule has 1 aliphatic heterocycles. The normalized spacial score (nSPS) is 21.4. The van der Waals surface area contributed by atoms with Crippen LogP contribution in [0.25, 0.3) is 11.0 Å². The quantitative estimate of drug-likeness (QED) is 0.492. The lowest BCUT2D eigenvalue weighted by Gasteiger charge is -2.36. The molecule has 2 heterocycles. The van der Waals surface area contributed by atoms with Crippen molar-refractivity contribution < 1.29 is 14.3 Å². The van der Waals surface area contributed by atoms with Crippen molar-refractivity contribution in [2.75, 3.05) is 0 Å². The van der Waals surface area contributed by atoms with Crippen LogP contribution in [0, 0.1) is 6.92 Å². The second-order valence-electron chi connectivity index (χ2n) is 8.51. The highest BCUT2D eigenvalue weighted by atomic mass is 16.5. The van der Waals surface area contributed by atoms with Crippen LogP contribution in [0.3, 0.4) is 0 Å². The van der Waals surface area contributed by atoms with Gasteiger partial charge in [0, 0.05) is 11.8 Å². The summed E-state index contributed by atoms with van der Waals surface area (Å²) in [4.78, 5) is 12.8. The number of benzene rings is 1. The Hall–Kier alpha value is -2.75. The number of hydrogen-bond acceptors (Lipinski definition) is 4. The van der Waals surface area contributed by atoms with E-state index < -0.39 is 11.0 Å². The molecule has 0 aliphatic carbocycles. The molecule has 29 heavy (non-hydrogen) atoms. The van der Waals surface area contributed by atoms with E-state index in [2.05, 4.69) is 39.5 Å². The summed E-state index contributed by atoms with van der Waals surface area (Å²) in [6.07, 6.45) is 8.54. The SMILES string of the molecule is C=C[C@@]1(C)C[C@H](C=C(C)CCC=C(C)C)Oc2c1c(=O)oc1c(O)ccc(C)c21. The van der Waals surface area contributed by atoms with Gasteiger partial charge in [0.05, 0.1) is 10.9 Å². The Balaban J connectivity index is 2.12. The van der Waals surface area contributed by atoms with Crippen molar-refractivity contribution in [1.82, 2.24) is 0 Å². The summed E-state index contributed by atoms with van der Waals surface area (Å²) in [6, 6.07) is 3.34. The molecule has 154 valence electrons. The molecule has 3 rings (SSSR count). The Morgan fingerprint density at radius 3 is 2.72 bits per heavy atom. The Morgan fingerprint density at radius 2 is 2.07 bits per heavy atom. The van der Waals surface area contributed by atoms with Crippen molar-refractivity contribution in [2.24, 2.45) is 0 Å². The van der Waals surface area contributed by atoms with Crippen molar-refractivity contribution in [3.63, 3.8) is 0 Å². The van der Waals surface area contributed by atoms with E-state index >= 15 is 0 Å². The van der Waals surface area contributed by atoms with Gasteiger partial charge in [-0.15, -0.1) is 6.58 Å². The Labute approximate surface area is 172 Å². The smallest absolute Gasteiger partial charge is 0.344 e. The summed E-state index contributed by atoms with van der Waals surface area (Å²) in [6.45, 7) is 14.2. The third-order valence-corrected chi connectivity index (χ3v) is 5.68. The lowest BCUT2D eigenvalue weighted by molar-refractivity contribution is 0.181. The van der Waals surface area contributed by atoms with E-state index in [9.17, 15) is 9.90 Å². The van der Waals surface area contributed by atoms with Crippen molar-refractivity contribution >= 4 is 11.0 Å². The van der Waals surface area contributed by atoms with Crippen LogP contribution in [0.5, 0.6) is 11.5 Å². The van der Waals surface area contributed by atoms with Gasteiger partial charge in [-0.1, -0.05) is 36.3 Å². The number of phenolic OH excluding ortho intramolecular Hbond substituents is 1. The van der Waals surface area contributed by atoms with Crippen LogP contribution >= 0.6 is 0 Å². The molecule has 2 atom stereocenters. The van der Waals surface area contributed by atoms with Gasteiger partial charge in [0.25, 0.3) is 0 Å². The van der Waals surface area contributed by atoms with Gasteiger partial charge >= 0.3 is 5.63 Å². The zero-order valence-corrected chi connectivity index (χ0v) is 18.0. The minimum Gasteiger partial charge on any atom is -0.504 e. The average Bonchev–Trinajstić information content (AvgIpc) is 2.64. The van der Waals surface area contributed by atoms with Crippen LogP contribution in [-0.2, 0) is 5.41 Å². The predicted octanol–water partition coefficient (Wildman–Crippen LogP) is 6.09. The Bertz CT molecular complexity index is 1070. The average molecular weight is 395 g/mol. The van der Waals surface area contributed by atoms with Crippen molar-refractivity contribution in [3.8, 4) is 11.5 Å². The predicted molar refractivity (Wildman–Crippen MR) is 118 cm³/mol. The molecule has 0 saturated carbocycles. The van der Waals surface area contributed by atoms with Crippen molar-refractivity contribution in [1.29, 1.82) is 0 Å². The fourth-order valence-corrected chi connectivity index (χ4v) is 4.01. The van der Waals surface area contributed by atoms with E-state index in [1.807, 2.05) is 13.8 Å². The molecule has 2 aromatic rings. The minimum atomic E-state index is -0.582. The third-order valence-electron chi connectivity index (χ3n) is 5.68. The van der Waals surface area contributed by atoms with Gasteiger partial charge in [-0.05, 0) is 58.2 Å². The number of aryl methyl sites for hydroxylation is 1. The number of fused-ring (bicyclic) bond motifs is 3. The van der Waals surface area contributed by atoms with Crippen LogP contribution < -0.4 is 10.4 Å². The highest BCUT2D eigenvalue weighted by Gasteiger charge is 2.40. The van der Waals surface area contributed by atoms with E-state index in [0.717, 1.165) is 18.4 Å². The fraction of sp³-hybridized carbons (Fsp3) is 0.400. The highest BCUT2D eigenvalue weighted by Crippen LogP contribution is 2.46. The second kappa shape index (κ2) is 7.94.